The Hall–Kier alpha value is -3.07. The van der Waals surface area contributed by atoms with Crippen LogP contribution in [0.2, 0.25) is 10.0 Å². The minimum Gasteiger partial charge on any atom is -0.495 e. The normalized spacial score (nSPS) is 10.8. The van der Waals surface area contributed by atoms with Gasteiger partial charge in [0.25, 0.3) is 0 Å². The molecule has 2 aromatic carbocycles. The molecule has 2 aromatic heterocycles. The number of thioether (sulfide) groups is 1. The van der Waals surface area contributed by atoms with Crippen LogP contribution in [0.1, 0.15) is 5.56 Å². The second-order valence-electron chi connectivity index (χ2n) is 6.99. The lowest BCUT2D eigenvalue weighted by atomic mass is 10.2. The Labute approximate surface area is 205 Å². The molecule has 0 unspecified atom stereocenters. The Kier molecular flexibility index (Phi) is 7.17. The zero-order valence-corrected chi connectivity index (χ0v) is 20.1. The van der Waals surface area contributed by atoms with Gasteiger partial charge in [-0.15, -0.1) is 10.2 Å². The first-order chi connectivity index (χ1) is 16.0. The fourth-order valence-corrected chi connectivity index (χ4v) is 4.20. The Morgan fingerprint density at radius 1 is 1.09 bits per heavy atom. The smallest absolute Gasteiger partial charge is 0.234 e. The van der Waals surface area contributed by atoms with E-state index in [4.69, 9.17) is 27.9 Å². The van der Waals surface area contributed by atoms with E-state index in [1.54, 1.807) is 30.6 Å². The van der Waals surface area contributed by atoms with Gasteiger partial charge in [0.2, 0.25) is 5.91 Å². The molecule has 2 heterocycles. The quantitative estimate of drug-likeness (QED) is 0.329. The highest BCUT2D eigenvalue weighted by atomic mass is 35.5. The van der Waals surface area contributed by atoms with Gasteiger partial charge in [-0.25, -0.2) is 0 Å². The third-order valence-electron chi connectivity index (χ3n) is 4.75. The summed E-state index contributed by atoms with van der Waals surface area (Å²) in [6.45, 7) is 1.94. The lowest BCUT2D eigenvalue weighted by Crippen LogP contribution is -2.15. The maximum Gasteiger partial charge on any atom is 0.234 e. The Morgan fingerprint density at radius 2 is 1.88 bits per heavy atom. The summed E-state index contributed by atoms with van der Waals surface area (Å²) in [5, 5.41) is 13.2. The van der Waals surface area contributed by atoms with Gasteiger partial charge in [-0.2, -0.15) is 0 Å². The van der Waals surface area contributed by atoms with Gasteiger partial charge < -0.3 is 10.1 Å². The summed E-state index contributed by atoms with van der Waals surface area (Å²) in [5.41, 5.74) is 3.10. The van der Waals surface area contributed by atoms with Gasteiger partial charge in [0.05, 0.1) is 24.2 Å². The summed E-state index contributed by atoms with van der Waals surface area (Å²) in [7, 11) is 1.53. The molecule has 0 spiro atoms. The highest BCUT2D eigenvalue weighted by Crippen LogP contribution is 2.31. The maximum atomic E-state index is 12.7. The van der Waals surface area contributed by atoms with Gasteiger partial charge in [0.1, 0.15) is 5.75 Å². The summed E-state index contributed by atoms with van der Waals surface area (Å²) in [5.74, 6) is 1.01. The Balaban J connectivity index is 1.61. The second-order valence-corrected chi connectivity index (χ2v) is 8.78. The molecule has 0 radical (unpaired) electrons. The number of ether oxygens (including phenoxy) is 1. The zero-order chi connectivity index (χ0) is 23.4. The Morgan fingerprint density at radius 3 is 2.61 bits per heavy atom. The van der Waals surface area contributed by atoms with Gasteiger partial charge in [-0.3, -0.25) is 14.3 Å². The van der Waals surface area contributed by atoms with Crippen molar-refractivity contribution >= 4 is 46.6 Å². The molecule has 0 aliphatic carbocycles. The molecule has 4 aromatic rings. The number of methoxy groups -OCH3 is 1. The predicted molar refractivity (Wildman–Crippen MR) is 132 cm³/mol. The molecule has 10 heteroatoms. The SMILES string of the molecule is COc1ccc(Cl)cc1NC(=O)CSc1nnc(-c2ccncc2)n1-c1ccc(C)c(Cl)c1. The number of carbonyl (C=O) groups is 1. The molecule has 33 heavy (non-hydrogen) atoms. The summed E-state index contributed by atoms with van der Waals surface area (Å²) >= 11 is 13.7. The summed E-state index contributed by atoms with van der Waals surface area (Å²) < 4.78 is 7.16. The molecule has 0 saturated heterocycles. The summed E-state index contributed by atoms with van der Waals surface area (Å²) in [6.07, 6.45) is 3.38. The molecular weight excluding hydrogens is 481 g/mol. The van der Waals surface area contributed by atoms with Crippen LogP contribution in [0.4, 0.5) is 5.69 Å². The number of halogens is 2. The topological polar surface area (TPSA) is 81.9 Å². The lowest BCUT2D eigenvalue weighted by molar-refractivity contribution is -0.113. The minimum absolute atomic E-state index is 0.101. The number of aromatic nitrogens is 4. The molecule has 168 valence electrons. The third-order valence-corrected chi connectivity index (χ3v) is 6.32. The number of pyridine rings is 1. The van der Waals surface area contributed by atoms with E-state index in [1.165, 1.54) is 18.9 Å². The number of carbonyl (C=O) groups excluding carboxylic acids is 1. The van der Waals surface area contributed by atoms with Crippen LogP contribution in [-0.2, 0) is 4.79 Å². The van der Waals surface area contributed by atoms with Gasteiger partial charge in [-0.1, -0.05) is 41.0 Å². The molecule has 4 rings (SSSR count). The molecule has 1 amide bonds. The number of rotatable bonds is 7. The van der Waals surface area contributed by atoms with Crippen LogP contribution < -0.4 is 10.1 Å². The number of amides is 1. The van der Waals surface area contributed by atoms with Crippen molar-refractivity contribution in [1.29, 1.82) is 0 Å². The van der Waals surface area contributed by atoms with Crippen LogP contribution in [-0.4, -0.2) is 38.5 Å². The first-order valence-corrected chi connectivity index (χ1v) is 11.6. The largest absolute Gasteiger partial charge is 0.495 e. The van der Waals surface area contributed by atoms with Crippen molar-refractivity contribution < 1.29 is 9.53 Å². The lowest BCUT2D eigenvalue weighted by Gasteiger charge is -2.12. The second kappa shape index (κ2) is 10.2. The first kappa shape index (κ1) is 23.1. The van der Waals surface area contributed by atoms with E-state index in [1.807, 2.05) is 41.8 Å². The number of aryl methyl sites for hydroxylation is 1. The van der Waals surface area contributed by atoms with Crippen molar-refractivity contribution in [3.63, 3.8) is 0 Å². The molecule has 7 nitrogen and oxygen atoms in total. The summed E-state index contributed by atoms with van der Waals surface area (Å²) in [6, 6.07) is 14.5. The van der Waals surface area contributed by atoms with Crippen LogP contribution in [0.5, 0.6) is 5.75 Å². The van der Waals surface area contributed by atoms with Crippen LogP contribution >= 0.6 is 35.0 Å². The number of nitrogens with zero attached hydrogens (tertiary/aromatic N) is 4. The number of anilines is 1. The van der Waals surface area contributed by atoms with Gasteiger partial charge in [0.15, 0.2) is 11.0 Å². The standard InChI is InChI=1S/C23H19Cl2N5O2S/c1-14-3-5-17(12-18(14)25)30-22(15-7-9-26-10-8-15)28-29-23(30)33-13-21(31)27-19-11-16(24)4-6-20(19)32-2/h3-12H,13H2,1-2H3,(H,27,31). The van der Waals surface area contributed by atoms with Crippen LogP contribution in [0.25, 0.3) is 17.1 Å². The van der Waals surface area contributed by atoms with Crippen molar-refractivity contribution in [2.45, 2.75) is 12.1 Å². The highest BCUT2D eigenvalue weighted by Gasteiger charge is 2.18. The van der Waals surface area contributed by atoms with E-state index in [0.29, 0.717) is 32.5 Å². The van der Waals surface area contributed by atoms with E-state index >= 15 is 0 Å². The van der Waals surface area contributed by atoms with E-state index < -0.39 is 0 Å². The maximum absolute atomic E-state index is 12.7. The number of benzene rings is 2. The van der Waals surface area contributed by atoms with Crippen molar-refractivity contribution in [2.75, 3.05) is 18.2 Å². The van der Waals surface area contributed by atoms with E-state index in [0.717, 1.165) is 16.8 Å². The average molecular weight is 500 g/mol. The molecule has 0 saturated carbocycles. The molecule has 0 fully saturated rings. The van der Waals surface area contributed by atoms with E-state index in [-0.39, 0.29) is 11.7 Å². The van der Waals surface area contributed by atoms with Gasteiger partial charge >= 0.3 is 0 Å². The van der Waals surface area contributed by atoms with Gasteiger partial charge in [-0.05, 0) is 55.0 Å². The molecule has 0 aliphatic rings. The minimum atomic E-state index is -0.234. The van der Waals surface area contributed by atoms with Crippen LogP contribution in [0.15, 0.2) is 66.1 Å². The fraction of sp³-hybridized carbons (Fsp3) is 0.130. The van der Waals surface area contributed by atoms with Crippen molar-refractivity contribution in [3.05, 3.63) is 76.5 Å². The molecular formula is C23H19Cl2N5O2S. The Bertz CT molecular complexity index is 1300. The van der Waals surface area contributed by atoms with Crippen LogP contribution in [0, 0.1) is 6.92 Å². The first-order valence-electron chi connectivity index (χ1n) is 9.85. The van der Waals surface area contributed by atoms with Crippen LogP contribution in [0.3, 0.4) is 0 Å². The molecule has 1 N–H and O–H groups in total. The number of nitrogens with one attached hydrogen (secondary N) is 1. The third kappa shape index (κ3) is 5.30. The molecule has 0 aliphatic heterocycles. The number of hydrogen-bond donors (Lipinski definition) is 1. The summed E-state index contributed by atoms with van der Waals surface area (Å²) in [4.78, 5) is 16.7. The van der Waals surface area contributed by atoms with E-state index in [2.05, 4.69) is 20.5 Å². The van der Waals surface area contributed by atoms with E-state index in [9.17, 15) is 4.79 Å². The van der Waals surface area contributed by atoms with Crippen molar-refractivity contribution in [3.8, 4) is 22.8 Å². The highest BCUT2D eigenvalue weighted by molar-refractivity contribution is 7.99. The predicted octanol–water partition coefficient (Wildman–Crippen LogP) is 5.68. The zero-order valence-electron chi connectivity index (χ0n) is 17.8. The molecule has 0 bridgehead atoms. The van der Waals surface area contributed by atoms with Crippen molar-refractivity contribution in [2.24, 2.45) is 0 Å². The average Bonchev–Trinajstić information content (AvgIpc) is 3.24. The monoisotopic (exact) mass is 499 g/mol. The molecule has 0 atom stereocenters. The fourth-order valence-electron chi connectivity index (χ4n) is 3.10. The van der Waals surface area contributed by atoms with Gasteiger partial charge in [0, 0.05) is 28.0 Å². The number of hydrogen-bond acceptors (Lipinski definition) is 6. The van der Waals surface area contributed by atoms with Crippen molar-refractivity contribution in [1.82, 2.24) is 19.7 Å².